The minimum absolute atomic E-state index is 0.236. The molecule has 0 bridgehead atoms. The van der Waals surface area contributed by atoms with Crippen LogP contribution in [-0.4, -0.2) is 19.1 Å². The van der Waals surface area contributed by atoms with E-state index in [1.807, 2.05) is 48.5 Å². The summed E-state index contributed by atoms with van der Waals surface area (Å²) in [5.74, 6) is 1.42. The molecule has 0 spiro atoms. The minimum atomic E-state index is -0.267. The summed E-state index contributed by atoms with van der Waals surface area (Å²) in [6.45, 7) is 1.07. The van der Waals surface area contributed by atoms with Gasteiger partial charge in [0.15, 0.2) is 21.9 Å². The molecule has 4 rings (SSSR count). The quantitative estimate of drug-likeness (QED) is 0.649. The van der Waals surface area contributed by atoms with Crippen LogP contribution in [0.5, 0.6) is 11.5 Å². The van der Waals surface area contributed by atoms with Crippen LogP contribution in [0.2, 0.25) is 0 Å². The van der Waals surface area contributed by atoms with E-state index in [-0.39, 0.29) is 17.7 Å². The van der Waals surface area contributed by atoms with Crippen molar-refractivity contribution in [2.24, 2.45) is 0 Å². The molecule has 3 aromatic rings. The molecule has 6 heteroatoms. The molecule has 0 saturated heterocycles. The molecule has 1 aliphatic heterocycles. The second-order valence-corrected chi connectivity index (χ2v) is 7.00. The summed E-state index contributed by atoms with van der Waals surface area (Å²) in [5, 5.41) is 3.07. The molecule has 0 saturated carbocycles. The monoisotopic (exact) mass is 427 g/mol. The van der Waals surface area contributed by atoms with Crippen LogP contribution in [0.4, 0.5) is 0 Å². The number of hydrogen-bond acceptors (Lipinski definition) is 4. The largest absolute Gasteiger partial charge is 0.486 e. The molecule has 0 fully saturated rings. The molecule has 138 valence electrons. The number of hydrogen-bond donors (Lipinski definition) is 1. The fraction of sp³-hybridized carbons (Fsp3) is 0.190. The van der Waals surface area contributed by atoms with Gasteiger partial charge in [0.1, 0.15) is 13.2 Å². The van der Waals surface area contributed by atoms with Gasteiger partial charge in [0.25, 0.3) is 5.91 Å². The van der Waals surface area contributed by atoms with Crippen molar-refractivity contribution in [3.05, 3.63) is 82.2 Å². The Labute approximate surface area is 165 Å². The van der Waals surface area contributed by atoms with Crippen molar-refractivity contribution in [2.45, 2.75) is 12.5 Å². The number of furan rings is 1. The van der Waals surface area contributed by atoms with Crippen molar-refractivity contribution in [3.63, 3.8) is 0 Å². The molecular weight excluding hydrogens is 410 g/mol. The first kappa shape index (κ1) is 17.7. The van der Waals surface area contributed by atoms with Crippen LogP contribution in [0, 0.1) is 0 Å². The zero-order valence-corrected chi connectivity index (χ0v) is 16.1. The molecule has 5 nitrogen and oxygen atoms in total. The van der Waals surface area contributed by atoms with Crippen molar-refractivity contribution >= 4 is 21.8 Å². The molecule has 0 radical (unpaired) electrons. The van der Waals surface area contributed by atoms with E-state index in [2.05, 4.69) is 21.2 Å². The Morgan fingerprint density at radius 3 is 2.52 bits per heavy atom. The van der Waals surface area contributed by atoms with Gasteiger partial charge in [0.05, 0.1) is 6.04 Å². The summed E-state index contributed by atoms with van der Waals surface area (Å²) in [4.78, 5) is 12.6. The number of carbonyl (C=O) groups excluding carboxylic acids is 1. The normalized spacial score (nSPS) is 13.8. The van der Waals surface area contributed by atoms with Crippen LogP contribution < -0.4 is 14.8 Å². The van der Waals surface area contributed by atoms with Gasteiger partial charge in [-0.15, -0.1) is 0 Å². The molecule has 1 amide bonds. The SMILES string of the molecule is O=C(NC(Cc1ccccc1)c1ccc2c(c1)OCCO2)c1ccc(Br)o1. The first-order chi connectivity index (χ1) is 13.2. The predicted octanol–water partition coefficient (Wildman–Crippen LogP) is 4.53. The highest BCUT2D eigenvalue weighted by molar-refractivity contribution is 9.10. The van der Waals surface area contributed by atoms with Crippen LogP contribution in [-0.2, 0) is 6.42 Å². The van der Waals surface area contributed by atoms with Gasteiger partial charge in [-0.25, -0.2) is 0 Å². The van der Waals surface area contributed by atoms with Gasteiger partial charge in [-0.2, -0.15) is 0 Å². The Kier molecular flexibility index (Phi) is 5.16. The first-order valence-electron chi connectivity index (χ1n) is 8.69. The highest BCUT2D eigenvalue weighted by Crippen LogP contribution is 2.33. The van der Waals surface area contributed by atoms with Gasteiger partial charge < -0.3 is 19.2 Å². The summed E-state index contributed by atoms with van der Waals surface area (Å²) in [6, 6.07) is 18.9. The minimum Gasteiger partial charge on any atom is -0.486 e. The average Bonchev–Trinajstić information content (AvgIpc) is 3.14. The van der Waals surface area contributed by atoms with Crippen molar-refractivity contribution in [1.82, 2.24) is 5.32 Å². The maximum absolute atomic E-state index is 12.6. The second-order valence-electron chi connectivity index (χ2n) is 6.22. The van der Waals surface area contributed by atoms with Gasteiger partial charge >= 0.3 is 0 Å². The topological polar surface area (TPSA) is 60.7 Å². The summed E-state index contributed by atoms with van der Waals surface area (Å²) >= 11 is 3.23. The number of ether oxygens (including phenoxy) is 2. The Balaban J connectivity index is 1.62. The Bertz CT molecular complexity index is 938. The number of nitrogens with one attached hydrogen (secondary N) is 1. The van der Waals surface area contributed by atoms with Gasteiger partial charge in [-0.1, -0.05) is 36.4 Å². The molecule has 1 aromatic heterocycles. The Morgan fingerprint density at radius 1 is 1.00 bits per heavy atom. The summed E-state index contributed by atoms with van der Waals surface area (Å²) in [5.41, 5.74) is 2.07. The lowest BCUT2D eigenvalue weighted by Crippen LogP contribution is -2.30. The lowest BCUT2D eigenvalue weighted by atomic mass is 9.98. The van der Waals surface area contributed by atoms with Crippen LogP contribution in [0.1, 0.15) is 27.7 Å². The second kappa shape index (κ2) is 7.88. The van der Waals surface area contributed by atoms with Gasteiger partial charge in [0, 0.05) is 0 Å². The van der Waals surface area contributed by atoms with E-state index in [0.717, 1.165) is 16.9 Å². The van der Waals surface area contributed by atoms with Crippen molar-refractivity contribution < 1.29 is 18.7 Å². The van der Waals surface area contributed by atoms with Crippen LogP contribution in [0.25, 0.3) is 0 Å². The van der Waals surface area contributed by atoms with E-state index < -0.39 is 0 Å². The fourth-order valence-electron chi connectivity index (χ4n) is 3.04. The molecule has 2 heterocycles. The smallest absolute Gasteiger partial charge is 0.287 e. The summed E-state index contributed by atoms with van der Waals surface area (Å²) in [7, 11) is 0. The van der Waals surface area contributed by atoms with Crippen LogP contribution >= 0.6 is 15.9 Å². The van der Waals surface area contributed by atoms with Crippen molar-refractivity contribution in [1.29, 1.82) is 0 Å². The van der Waals surface area contributed by atoms with Crippen molar-refractivity contribution in [2.75, 3.05) is 13.2 Å². The average molecular weight is 428 g/mol. The van der Waals surface area contributed by atoms with E-state index in [1.165, 1.54) is 0 Å². The highest BCUT2D eigenvalue weighted by atomic mass is 79.9. The van der Waals surface area contributed by atoms with Crippen LogP contribution in [0.15, 0.2) is 69.8 Å². The molecule has 1 unspecified atom stereocenters. The fourth-order valence-corrected chi connectivity index (χ4v) is 3.35. The molecule has 1 atom stereocenters. The molecule has 1 aliphatic rings. The lowest BCUT2D eigenvalue weighted by molar-refractivity contribution is 0.0907. The van der Waals surface area contributed by atoms with Gasteiger partial charge in [-0.3, -0.25) is 4.79 Å². The third-order valence-electron chi connectivity index (χ3n) is 4.35. The van der Waals surface area contributed by atoms with Gasteiger partial charge in [-0.05, 0) is 57.7 Å². The number of rotatable bonds is 5. The molecule has 27 heavy (non-hydrogen) atoms. The third kappa shape index (κ3) is 4.17. The van der Waals surface area contributed by atoms with Crippen LogP contribution in [0.3, 0.4) is 0 Å². The number of halogens is 1. The molecular formula is C21H18BrNO4. The Morgan fingerprint density at radius 2 is 1.78 bits per heavy atom. The number of fused-ring (bicyclic) bond motifs is 1. The zero-order chi connectivity index (χ0) is 18.6. The van der Waals surface area contributed by atoms with E-state index >= 15 is 0 Å². The predicted molar refractivity (Wildman–Crippen MR) is 104 cm³/mol. The van der Waals surface area contributed by atoms with E-state index in [4.69, 9.17) is 13.9 Å². The van der Waals surface area contributed by atoms with E-state index in [1.54, 1.807) is 12.1 Å². The number of amides is 1. The standard InChI is InChI=1S/C21H18BrNO4/c22-20-9-8-18(27-20)21(24)23-16(12-14-4-2-1-3-5-14)15-6-7-17-19(13-15)26-11-10-25-17/h1-9,13,16H,10-12H2,(H,23,24). The van der Waals surface area contributed by atoms with Crippen molar-refractivity contribution in [3.8, 4) is 11.5 Å². The third-order valence-corrected chi connectivity index (χ3v) is 4.78. The van der Waals surface area contributed by atoms with E-state index in [9.17, 15) is 4.79 Å². The number of carbonyl (C=O) groups is 1. The summed E-state index contributed by atoms with van der Waals surface area (Å²) in [6.07, 6.45) is 0.647. The molecule has 2 aromatic carbocycles. The maximum atomic E-state index is 12.6. The molecule has 0 aliphatic carbocycles. The Hall–Kier alpha value is -2.73. The maximum Gasteiger partial charge on any atom is 0.287 e. The van der Waals surface area contributed by atoms with E-state index in [0.29, 0.717) is 30.1 Å². The number of benzene rings is 2. The molecule has 1 N–H and O–H groups in total. The highest BCUT2D eigenvalue weighted by Gasteiger charge is 2.21. The first-order valence-corrected chi connectivity index (χ1v) is 9.48. The zero-order valence-electron chi connectivity index (χ0n) is 14.5. The lowest BCUT2D eigenvalue weighted by Gasteiger charge is -2.23. The summed E-state index contributed by atoms with van der Waals surface area (Å²) < 4.78 is 17.2. The van der Waals surface area contributed by atoms with Gasteiger partial charge in [0.2, 0.25) is 0 Å².